The summed E-state index contributed by atoms with van der Waals surface area (Å²) in [7, 11) is 3.48. The Morgan fingerprint density at radius 1 is 1.30 bits per heavy atom. The van der Waals surface area contributed by atoms with Gasteiger partial charge in [0.15, 0.2) is 0 Å². The molecule has 2 N–H and O–H groups in total. The predicted octanol–water partition coefficient (Wildman–Crippen LogP) is 1.39. The van der Waals surface area contributed by atoms with Crippen LogP contribution in [-0.2, 0) is 11.3 Å². The van der Waals surface area contributed by atoms with Crippen molar-refractivity contribution in [1.82, 2.24) is 15.5 Å². The summed E-state index contributed by atoms with van der Waals surface area (Å²) in [6, 6.07) is 7.47. The smallest absolute Gasteiger partial charge is 0.253 e. The van der Waals surface area contributed by atoms with Gasteiger partial charge in [0.2, 0.25) is 5.91 Å². The zero-order valence-corrected chi connectivity index (χ0v) is 13.9. The van der Waals surface area contributed by atoms with Crippen LogP contribution in [0.5, 0.6) is 0 Å². The molecule has 2 aliphatic rings. The van der Waals surface area contributed by atoms with Gasteiger partial charge >= 0.3 is 0 Å². The molecule has 2 amide bonds. The normalized spacial score (nSPS) is 21.7. The summed E-state index contributed by atoms with van der Waals surface area (Å²) >= 11 is 0. The summed E-state index contributed by atoms with van der Waals surface area (Å²) in [5.74, 6) is 0.321. The monoisotopic (exact) mass is 315 g/mol. The van der Waals surface area contributed by atoms with Crippen LogP contribution in [0.25, 0.3) is 0 Å². The van der Waals surface area contributed by atoms with E-state index in [4.69, 9.17) is 0 Å². The number of rotatable bonds is 4. The second-order valence-electron chi connectivity index (χ2n) is 6.99. The lowest BCUT2D eigenvalue weighted by molar-refractivity contribution is -0.123. The van der Waals surface area contributed by atoms with E-state index in [1.54, 1.807) is 25.1 Å². The molecular formula is C18H25N3O2. The van der Waals surface area contributed by atoms with Crippen molar-refractivity contribution in [1.29, 1.82) is 0 Å². The molecule has 0 radical (unpaired) electrons. The highest BCUT2D eigenvalue weighted by atomic mass is 16.2. The molecule has 5 heteroatoms. The van der Waals surface area contributed by atoms with E-state index in [2.05, 4.69) is 10.6 Å². The standard InChI is InChI=1S/C18H25N3O2/c1-21(2)17(23)14-5-3-4-13(10-14)12-20-16(22)15-11-18(15)6-8-19-9-7-18/h3-5,10,15,19H,6-9,11-12H2,1-2H3,(H,20,22). The minimum Gasteiger partial charge on any atom is -0.352 e. The van der Waals surface area contributed by atoms with Crippen LogP contribution in [0.2, 0.25) is 0 Å². The maximum atomic E-state index is 12.4. The summed E-state index contributed by atoms with van der Waals surface area (Å²) in [4.78, 5) is 25.9. The van der Waals surface area contributed by atoms with Gasteiger partial charge in [-0.3, -0.25) is 9.59 Å². The molecule has 1 saturated heterocycles. The molecular weight excluding hydrogens is 290 g/mol. The Labute approximate surface area is 137 Å². The van der Waals surface area contributed by atoms with Gasteiger partial charge in [-0.1, -0.05) is 12.1 Å². The second-order valence-corrected chi connectivity index (χ2v) is 6.99. The van der Waals surface area contributed by atoms with Gasteiger partial charge in [0.1, 0.15) is 0 Å². The zero-order valence-electron chi connectivity index (χ0n) is 13.9. The van der Waals surface area contributed by atoms with E-state index in [0.717, 1.165) is 37.9 Å². The molecule has 124 valence electrons. The van der Waals surface area contributed by atoms with Crippen LogP contribution in [0, 0.1) is 11.3 Å². The summed E-state index contributed by atoms with van der Waals surface area (Å²) < 4.78 is 0. The van der Waals surface area contributed by atoms with Gasteiger partial charge in [0.25, 0.3) is 5.91 Å². The average molecular weight is 315 g/mol. The summed E-state index contributed by atoms with van der Waals surface area (Å²) in [5.41, 5.74) is 1.88. The fraction of sp³-hybridized carbons (Fsp3) is 0.556. The van der Waals surface area contributed by atoms with Crippen LogP contribution in [0.3, 0.4) is 0 Å². The Bertz CT molecular complexity index is 606. The highest BCUT2D eigenvalue weighted by molar-refractivity contribution is 5.94. The number of amides is 2. The predicted molar refractivity (Wildman–Crippen MR) is 88.9 cm³/mol. The summed E-state index contributed by atoms with van der Waals surface area (Å²) in [6.45, 7) is 2.54. The van der Waals surface area contributed by atoms with E-state index < -0.39 is 0 Å². The first-order valence-corrected chi connectivity index (χ1v) is 8.31. The maximum absolute atomic E-state index is 12.4. The largest absolute Gasteiger partial charge is 0.352 e. The number of nitrogens with zero attached hydrogens (tertiary/aromatic N) is 1. The van der Waals surface area contributed by atoms with E-state index in [9.17, 15) is 9.59 Å². The van der Waals surface area contributed by atoms with Crippen molar-refractivity contribution in [3.05, 3.63) is 35.4 Å². The number of hydrogen-bond donors (Lipinski definition) is 2. The molecule has 1 aliphatic carbocycles. The second kappa shape index (κ2) is 6.32. The Kier molecular flexibility index (Phi) is 4.39. The van der Waals surface area contributed by atoms with Crippen LogP contribution >= 0.6 is 0 Å². The van der Waals surface area contributed by atoms with Crippen molar-refractivity contribution in [2.24, 2.45) is 11.3 Å². The molecule has 1 aliphatic heterocycles. The maximum Gasteiger partial charge on any atom is 0.253 e. The highest BCUT2D eigenvalue weighted by Gasteiger charge is 2.57. The van der Waals surface area contributed by atoms with Crippen molar-refractivity contribution >= 4 is 11.8 Å². The van der Waals surface area contributed by atoms with E-state index in [0.29, 0.717) is 12.1 Å². The van der Waals surface area contributed by atoms with Crippen LogP contribution in [-0.4, -0.2) is 43.9 Å². The number of carbonyl (C=O) groups is 2. The fourth-order valence-electron chi connectivity index (χ4n) is 3.58. The van der Waals surface area contributed by atoms with Crippen molar-refractivity contribution in [2.75, 3.05) is 27.2 Å². The number of nitrogens with one attached hydrogen (secondary N) is 2. The Morgan fingerprint density at radius 3 is 2.74 bits per heavy atom. The topological polar surface area (TPSA) is 61.4 Å². The lowest BCUT2D eigenvalue weighted by atomic mass is 9.92. The van der Waals surface area contributed by atoms with Gasteiger partial charge in [-0.25, -0.2) is 0 Å². The molecule has 0 aromatic heterocycles. The molecule has 1 aromatic rings. The Morgan fingerprint density at radius 2 is 2.04 bits per heavy atom. The SMILES string of the molecule is CN(C)C(=O)c1cccc(CNC(=O)C2CC23CCNCC3)c1. The lowest BCUT2D eigenvalue weighted by Gasteiger charge is -2.23. The van der Waals surface area contributed by atoms with Gasteiger partial charge in [0, 0.05) is 32.1 Å². The zero-order chi connectivity index (χ0) is 16.4. The fourth-order valence-corrected chi connectivity index (χ4v) is 3.58. The third-order valence-corrected chi connectivity index (χ3v) is 5.15. The first-order valence-electron chi connectivity index (χ1n) is 8.31. The van der Waals surface area contributed by atoms with Crippen molar-refractivity contribution in [3.63, 3.8) is 0 Å². The first-order chi connectivity index (χ1) is 11.0. The lowest BCUT2D eigenvalue weighted by Crippen LogP contribution is -2.33. The first kappa shape index (κ1) is 16.0. The molecule has 1 spiro atoms. The highest BCUT2D eigenvalue weighted by Crippen LogP contribution is 2.58. The van der Waals surface area contributed by atoms with Gasteiger partial charge in [-0.2, -0.15) is 0 Å². The average Bonchev–Trinajstić information content (AvgIpc) is 3.26. The Hall–Kier alpha value is -1.88. The van der Waals surface area contributed by atoms with Crippen molar-refractivity contribution in [3.8, 4) is 0 Å². The van der Waals surface area contributed by atoms with Gasteiger partial charge in [-0.15, -0.1) is 0 Å². The van der Waals surface area contributed by atoms with Gasteiger partial charge in [-0.05, 0) is 55.5 Å². The molecule has 1 atom stereocenters. The van der Waals surface area contributed by atoms with Crippen LogP contribution in [0.4, 0.5) is 0 Å². The molecule has 1 aromatic carbocycles. The molecule has 3 rings (SSSR count). The minimum absolute atomic E-state index is 0.0194. The number of carbonyl (C=O) groups excluding carboxylic acids is 2. The van der Waals surface area contributed by atoms with E-state index in [1.807, 2.05) is 18.2 Å². The molecule has 0 bridgehead atoms. The molecule has 2 fully saturated rings. The number of benzene rings is 1. The van der Waals surface area contributed by atoms with Gasteiger partial charge < -0.3 is 15.5 Å². The number of hydrogen-bond acceptors (Lipinski definition) is 3. The Balaban J connectivity index is 1.55. The summed E-state index contributed by atoms with van der Waals surface area (Å²) in [6.07, 6.45) is 3.25. The molecule has 1 heterocycles. The van der Waals surface area contributed by atoms with E-state index in [-0.39, 0.29) is 23.1 Å². The summed E-state index contributed by atoms with van der Waals surface area (Å²) in [5, 5.41) is 6.40. The molecule has 1 saturated carbocycles. The van der Waals surface area contributed by atoms with Crippen LogP contribution in [0.15, 0.2) is 24.3 Å². The van der Waals surface area contributed by atoms with Gasteiger partial charge in [0.05, 0.1) is 0 Å². The third-order valence-electron chi connectivity index (χ3n) is 5.15. The molecule has 5 nitrogen and oxygen atoms in total. The quantitative estimate of drug-likeness (QED) is 0.883. The van der Waals surface area contributed by atoms with Crippen LogP contribution in [0.1, 0.15) is 35.2 Å². The third kappa shape index (κ3) is 3.39. The molecule has 23 heavy (non-hydrogen) atoms. The van der Waals surface area contributed by atoms with Crippen LogP contribution < -0.4 is 10.6 Å². The van der Waals surface area contributed by atoms with E-state index >= 15 is 0 Å². The van der Waals surface area contributed by atoms with Crippen molar-refractivity contribution in [2.45, 2.75) is 25.8 Å². The molecule has 1 unspecified atom stereocenters. The minimum atomic E-state index is -0.0194. The number of piperidine rings is 1. The van der Waals surface area contributed by atoms with E-state index in [1.165, 1.54) is 0 Å². The van der Waals surface area contributed by atoms with Crippen molar-refractivity contribution < 1.29 is 9.59 Å².